The van der Waals surface area contributed by atoms with Crippen LogP contribution in [0, 0.1) is 5.92 Å². The zero-order valence-corrected chi connectivity index (χ0v) is 18.7. The highest BCUT2D eigenvalue weighted by Crippen LogP contribution is 2.16. The number of benzene rings is 1. The molecule has 1 saturated heterocycles. The first-order valence-corrected chi connectivity index (χ1v) is 9.51. The first kappa shape index (κ1) is 23.0. The average Bonchev–Trinajstić information content (AvgIpc) is 2.60. The number of guanidine groups is 1. The minimum Gasteiger partial charge on any atom is -0.357 e. The third-order valence-electron chi connectivity index (χ3n) is 4.35. The molecule has 5 nitrogen and oxygen atoms in total. The molecule has 0 aromatic heterocycles. The van der Waals surface area contributed by atoms with Crippen LogP contribution >= 0.6 is 35.6 Å². The number of carbonyl (C=O) groups is 1. The topological polar surface area (TPSA) is 56.7 Å². The molecule has 0 spiro atoms. The van der Waals surface area contributed by atoms with Crippen LogP contribution in [0.2, 0.25) is 5.02 Å². The van der Waals surface area contributed by atoms with Crippen molar-refractivity contribution in [3.05, 3.63) is 34.9 Å². The third kappa shape index (κ3) is 7.70. The summed E-state index contributed by atoms with van der Waals surface area (Å²) in [6.07, 6.45) is 2.83. The molecule has 0 aliphatic carbocycles. The number of aliphatic imine (C=N–C) groups is 1. The Labute approximate surface area is 179 Å². The fourth-order valence-corrected chi connectivity index (χ4v) is 3.19. The molecule has 1 aliphatic rings. The molecule has 0 bridgehead atoms. The maximum atomic E-state index is 12.3. The van der Waals surface area contributed by atoms with Crippen LogP contribution in [-0.2, 0) is 11.3 Å². The van der Waals surface area contributed by atoms with Gasteiger partial charge in [-0.3, -0.25) is 4.79 Å². The number of amides is 1. The van der Waals surface area contributed by atoms with Crippen LogP contribution in [-0.4, -0.2) is 42.9 Å². The van der Waals surface area contributed by atoms with Gasteiger partial charge in [0.25, 0.3) is 0 Å². The summed E-state index contributed by atoms with van der Waals surface area (Å²) < 4.78 is 0. The standard InChI is InChI=1S/C19H29ClN4O.HI/c1-3-21-19(23-13-16-8-4-5-9-17(16)20)22-11-10-18(25)24-12-6-7-15(2)14-24;/h4-5,8-9,15H,3,6-7,10-14H2,1-2H3,(H2,21,22,23);1H. The fraction of sp³-hybridized carbons (Fsp3) is 0.579. The molecule has 26 heavy (non-hydrogen) atoms. The Morgan fingerprint density at radius 2 is 2.12 bits per heavy atom. The SMILES string of the molecule is CCNC(=NCc1ccccc1Cl)NCCC(=O)N1CCCC(C)C1.I. The molecule has 1 aromatic carbocycles. The van der Waals surface area contributed by atoms with Gasteiger partial charge >= 0.3 is 0 Å². The summed E-state index contributed by atoms with van der Waals surface area (Å²) in [6, 6.07) is 7.70. The highest BCUT2D eigenvalue weighted by Gasteiger charge is 2.20. The van der Waals surface area contributed by atoms with E-state index in [1.54, 1.807) is 0 Å². The van der Waals surface area contributed by atoms with Gasteiger partial charge in [0.1, 0.15) is 0 Å². The number of nitrogens with zero attached hydrogens (tertiary/aromatic N) is 2. The summed E-state index contributed by atoms with van der Waals surface area (Å²) in [5.74, 6) is 1.54. The van der Waals surface area contributed by atoms with E-state index >= 15 is 0 Å². The van der Waals surface area contributed by atoms with Gasteiger partial charge in [0.2, 0.25) is 5.91 Å². The van der Waals surface area contributed by atoms with Crippen LogP contribution in [0.25, 0.3) is 0 Å². The van der Waals surface area contributed by atoms with Crippen LogP contribution in [0.4, 0.5) is 0 Å². The predicted octanol–water partition coefficient (Wildman–Crippen LogP) is 3.66. The molecule has 2 rings (SSSR count). The van der Waals surface area contributed by atoms with Crippen LogP contribution in [0.5, 0.6) is 0 Å². The summed E-state index contributed by atoms with van der Waals surface area (Å²) in [7, 11) is 0. The number of halogens is 2. The van der Waals surface area contributed by atoms with Crippen molar-refractivity contribution in [1.82, 2.24) is 15.5 Å². The van der Waals surface area contributed by atoms with E-state index in [2.05, 4.69) is 22.5 Å². The summed E-state index contributed by atoms with van der Waals surface area (Å²) >= 11 is 6.17. The Hall–Kier alpha value is -1.02. The first-order chi connectivity index (χ1) is 12.1. The fourth-order valence-electron chi connectivity index (χ4n) is 2.99. The van der Waals surface area contributed by atoms with E-state index in [1.165, 1.54) is 6.42 Å². The van der Waals surface area contributed by atoms with Gasteiger partial charge in [-0.25, -0.2) is 4.99 Å². The number of likely N-dealkylation sites (tertiary alicyclic amines) is 1. The maximum Gasteiger partial charge on any atom is 0.224 e. The van der Waals surface area contributed by atoms with Gasteiger partial charge in [-0.15, -0.1) is 24.0 Å². The van der Waals surface area contributed by atoms with Crippen molar-refractivity contribution in [3.63, 3.8) is 0 Å². The summed E-state index contributed by atoms with van der Waals surface area (Å²) in [5.41, 5.74) is 0.986. The van der Waals surface area contributed by atoms with Crippen LogP contribution < -0.4 is 10.6 Å². The van der Waals surface area contributed by atoms with Gasteiger partial charge in [0, 0.05) is 37.6 Å². The van der Waals surface area contributed by atoms with E-state index in [0.29, 0.717) is 31.4 Å². The maximum absolute atomic E-state index is 12.3. The minimum atomic E-state index is 0. The monoisotopic (exact) mass is 492 g/mol. The number of hydrogen-bond acceptors (Lipinski definition) is 2. The number of hydrogen-bond donors (Lipinski definition) is 2. The lowest BCUT2D eigenvalue weighted by Crippen LogP contribution is -2.42. The van der Waals surface area contributed by atoms with E-state index in [1.807, 2.05) is 36.1 Å². The van der Waals surface area contributed by atoms with Crippen LogP contribution in [0.1, 0.15) is 38.7 Å². The second kappa shape index (κ2) is 12.4. The van der Waals surface area contributed by atoms with Gasteiger partial charge in [-0.05, 0) is 37.3 Å². The molecular formula is C19H30ClIN4O. The molecule has 1 amide bonds. The Kier molecular flexibility index (Phi) is 11.0. The van der Waals surface area contributed by atoms with E-state index in [4.69, 9.17) is 11.6 Å². The minimum absolute atomic E-state index is 0. The van der Waals surface area contributed by atoms with Crippen molar-refractivity contribution in [2.24, 2.45) is 10.9 Å². The molecule has 1 atom stereocenters. The van der Waals surface area contributed by atoms with Crippen molar-refractivity contribution in [1.29, 1.82) is 0 Å². The van der Waals surface area contributed by atoms with Gasteiger partial charge in [0.05, 0.1) is 6.54 Å². The Morgan fingerprint density at radius 1 is 1.35 bits per heavy atom. The van der Waals surface area contributed by atoms with Crippen LogP contribution in [0.15, 0.2) is 29.3 Å². The molecule has 1 unspecified atom stereocenters. The molecule has 2 N–H and O–H groups in total. The first-order valence-electron chi connectivity index (χ1n) is 9.13. The second-order valence-electron chi connectivity index (χ2n) is 6.55. The Morgan fingerprint density at radius 3 is 2.81 bits per heavy atom. The molecule has 146 valence electrons. The number of piperidine rings is 1. The lowest BCUT2D eigenvalue weighted by atomic mass is 10.00. The van der Waals surface area contributed by atoms with E-state index in [0.717, 1.165) is 36.6 Å². The molecule has 1 fully saturated rings. The van der Waals surface area contributed by atoms with Crippen molar-refractivity contribution in [2.45, 2.75) is 39.7 Å². The Balaban J connectivity index is 0.00000338. The quantitative estimate of drug-likeness (QED) is 0.362. The van der Waals surface area contributed by atoms with Gasteiger partial charge in [-0.2, -0.15) is 0 Å². The van der Waals surface area contributed by atoms with Crippen molar-refractivity contribution in [2.75, 3.05) is 26.2 Å². The Bertz CT molecular complexity index is 597. The summed E-state index contributed by atoms with van der Waals surface area (Å²) in [6.45, 7) is 7.87. The third-order valence-corrected chi connectivity index (χ3v) is 4.72. The molecular weight excluding hydrogens is 463 g/mol. The molecule has 1 aliphatic heterocycles. The molecule has 1 aromatic rings. The smallest absolute Gasteiger partial charge is 0.224 e. The molecule has 1 heterocycles. The zero-order valence-electron chi connectivity index (χ0n) is 15.6. The van der Waals surface area contributed by atoms with Gasteiger partial charge in [0.15, 0.2) is 5.96 Å². The number of carbonyl (C=O) groups excluding carboxylic acids is 1. The van der Waals surface area contributed by atoms with E-state index in [-0.39, 0.29) is 29.9 Å². The van der Waals surface area contributed by atoms with Crippen molar-refractivity contribution < 1.29 is 4.79 Å². The second-order valence-corrected chi connectivity index (χ2v) is 6.96. The summed E-state index contributed by atoms with van der Waals surface area (Å²) in [4.78, 5) is 18.9. The normalized spacial score (nSPS) is 17.4. The highest BCUT2D eigenvalue weighted by molar-refractivity contribution is 14.0. The van der Waals surface area contributed by atoms with Crippen molar-refractivity contribution in [3.8, 4) is 0 Å². The number of rotatable bonds is 6. The molecule has 7 heteroatoms. The zero-order chi connectivity index (χ0) is 18.1. The average molecular weight is 493 g/mol. The highest BCUT2D eigenvalue weighted by atomic mass is 127. The van der Waals surface area contributed by atoms with Gasteiger partial charge < -0.3 is 15.5 Å². The summed E-state index contributed by atoms with van der Waals surface area (Å²) in [5, 5.41) is 7.16. The molecule has 0 saturated carbocycles. The lowest BCUT2D eigenvalue weighted by Gasteiger charge is -2.31. The van der Waals surface area contributed by atoms with E-state index in [9.17, 15) is 4.79 Å². The predicted molar refractivity (Wildman–Crippen MR) is 119 cm³/mol. The molecule has 0 radical (unpaired) electrons. The van der Waals surface area contributed by atoms with Crippen molar-refractivity contribution >= 4 is 47.4 Å². The largest absolute Gasteiger partial charge is 0.357 e. The van der Waals surface area contributed by atoms with Gasteiger partial charge in [-0.1, -0.05) is 36.7 Å². The lowest BCUT2D eigenvalue weighted by molar-refractivity contribution is -0.132. The number of nitrogens with one attached hydrogen (secondary N) is 2. The van der Waals surface area contributed by atoms with E-state index < -0.39 is 0 Å². The van der Waals surface area contributed by atoms with Crippen LogP contribution in [0.3, 0.4) is 0 Å².